The maximum atomic E-state index is 11.8. The van der Waals surface area contributed by atoms with E-state index in [0.29, 0.717) is 6.42 Å². The molecule has 0 aromatic heterocycles. The fraction of sp³-hybridized carbons (Fsp3) is 1.00. The van der Waals surface area contributed by atoms with E-state index in [-0.39, 0.29) is 5.41 Å². The molecule has 0 bridgehead atoms. The molecule has 0 nitrogen and oxygen atoms in total. The molecule has 0 N–H and O–H groups in total. The monoisotopic (exact) mass is 136 g/mol. The fourth-order valence-corrected chi connectivity index (χ4v) is 1.52. The van der Waals surface area contributed by atoms with E-state index in [9.17, 15) is 13.2 Å². The summed E-state index contributed by atoms with van der Waals surface area (Å²) < 4.78 is 35.3. The summed E-state index contributed by atoms with van der Waals surface area (Å²) in [7, 11) is 0. The van der Waals surface area contributed by atoms with Gasteiger partial charge < -0.3 is 0 Å². The Hall–Kier alpha value is -0.210. The molecule has 2 rings (SSSR count). The molecule has 0 aromatic carbocycles. The van der Waals surface area contributed by atoms with Gasteiger partial charge in [-0.05, 0) is 24.7 Å². The molecule has 2 saturated carbocycles. The lowest BCUT2D eigenvalue weighted by Gasteiger charge is -2.02. The van der Waals surface area contributed by atoms with Crippen LogP contribution >= 0.6 is 0 Å². The van der Waals surface area contributed by atoms with E-state index >= 15 is 0 Å². The van der Waals surface area contributed by atoms with E-state index in [1.807, 2.05) is 0 Å². The first kappa shape index (κ1) is 5.57. The van der Waals surface area contributed by atoms with Gasteiger partial charge in [0.25, 0.3) is 0 Å². The third-order valence-corrected chi connectivity index (χ3v) is 2.48. The molecule has 52 valence electrons. The zero-order valence-electron chi connectivity index (χ0n) is 4.83. The van der Waals surface area contributed by atoms with E-state index in [1.165, 1.54) is 0 Å². The number of halogens is 3. The third kappa shape index (κ3) is 0.667. The summed E-state index contributed by atoms with van der Waals surface area (Å²) in [5, 5.41) is 0. The van der Waals surface area contributed by atoms with Crippen LogP contribution in [0.15, 0.2) is 0 Å². The summed E-state index contributed by atoms with van der Waals surface area (Å²) in [6, 6.07) is 0. The molecule has 0 aromatic rings. The second kappa shape index (κ2) is 1.13. The molecule has 1 unspecified atom stereocenters. The summed E-state index contributed by atoms with van der Waals surface area (Å²) in [4.78, 5) is 0. The highest BCUT2D eigenvalue weighted by atomic mass is 19.4. The van der Waals surface area contributed by atoms with E-state index in [0.717, 1.165) is 12.8 Å². The van der Waals surface area contributed by atoms with Crippen molar-refractivity contribution in [1.29, 1.82) is 0 Å². The molecular weight excluding hydrogens is 129 g/mol. The van der Waals surface area contributed by atoms with Crippen LogP contribution in [0.1, 0.15) is 19.3 Å². The van der Waals surface area contributed by atoms with Crippen molar-refractivity contribution in [2.75, 3.05) is 0 Å². The van der Waals surface area contributed by atoms with Crippen molar-refractivity contribution in [3.8, 4) is 0 Å². The lowest BCUT2D eigenvalue weighted by atomic mass is 10.3. The zero-order chi connectivity index (χ0) is 6.70. The molecule has 9 heavy (non-hydrogen) atoms. The van der Waals surface area contributed by atoms with Gasteiger partial charge in [0.1, 0.15) is 0 Å². The van der Waals surface area contributed by atoms with Gasteiger partial charge in [-0.15, -0.1) is 0 Å². The minimum absolute atomic E-state index is 0.224. The van der Waals surface area contributed by atoms with Crippen LogP contribution in [0.25, 0.3) is 0 Å². The highest BCUT2D eigenvalue weighted by Crippen LogP contribution is 2.74. The van der Waals surface area contributed by atoms with Gasteiger partial charge in [0.2, 0.25) is 0 Å². The van der Waals surface area contributed by atoms with E-state index in [1.54, 1.807) is 0 Å². The van der Waals surface area contributed by atoms with Gasteiger partial charge in [0.05, 0.1) is 5.92 Å². The van der Waals surface area contributed by atoms with Crippen LogP contribution < -0.4 is 0 Å². The highest BCUT2D eigenvalue weighted by Gasteiger charge is 2.72. The normalized spacial score (nSPS) is 37.0. The predicted molar refractivity (Wildman–Crippen MR) is 25.8 cm³/mol. The van der Waals surface area contributed by atoms with Gasteiger partial charge in [0.15, 0.2) is 0 Å². The van der Waals surface area contributed by atoms with Gasteiger partial charge in [-0.25, -0.2) is 0 Å². The van der Waals surface area contributed by atoms with E-state index < -0.39 is 12.1 Å². The average Bonchev–Trinajstić information content (AvgIpc) is 2.46. The topological polar surface area (TPSA) is 0 Å². The second-order valence-corrected chi connectivity index (χ2v) is 3.16. The lowest BCUT2D eigenvalue weighted by Crippen LogP contribution is -2.11. The standard InChI is InChI=1S/C6H7F3/c7-6(8,9)4-3-5(4)1-2-5/h4H,1-3H2. The van der Waals surface area contributed by atoms with Crippen LogP contribution in [-0.2, 0) is 0 Å². The van der Waals surface area contributed by atoms with Gasteiger partial charge in [-0.1, -0.05) is 0 Å². The Labute approximate surface area is 51.0 Å². The molecule has 2 aliphatic rings. The molecule has 0 heterocycles. The van der Waals surface area contributed by atoms with Gasteiger partial charge in [-0.2, -0.15) is 13.2 Å². The van der Waals surface area contributed by atoms with Crippen molar-refractivity contribution in [3.05, 3.63) is 0 Å². The number of hydrogen-bond acceptors (Lipinski definition) is 0. The van der Waals surface area contributed by atoms with Gasteiger partial charge in [0, 0.05) is 0 Å². The maximum absolute atomic E-state index is 11.8. The molecular formula is C6H7F3. The minimum atomic E-state index is -3.89. The Morgan fingerprint density at radius 2 is 1.78 bits per heavy atom. The smallest absolute Gasteiger partial charge is 0.171 e. The molecule has 0 radical (unpaired) electrons. The number of hydrogen-bond donors (Lipinski definition) is 0. The SMILES string of the molecule is FC(F)(F)C1CC12CC2. The summed E-state index contributed by atoms with van der Waals surface area (Å²) in [5.41, 5.74) is -0.224. The van der Waals surface area contributed by atoms with Gasteiger partial charge >= 0.3 is 6.18 Å². The van der Waals surface area contributed by atoms with Crippen LogP contribution in [0.2, 0.25) is 0 Å². The average molecular weight is 136 g/mol. The molecule has 0 amide bonds. The Morgan fingerprint density at radius 1 is 1.22 bits per heavy atom. The molecule has 1 atom stereocenters. The summed E-state index contributed by atoms with van der Waals surface area (Å²) in [6.45, 7) is 0. The Kier molecular flexibility index (Phi) is 0.702. The number of alkyl halides is 3. The molecule has 2 fully saturated rings. The van der Waals surface area contributed by atoms with Crippen LogP contribution in [0, 0.1) is 11.3 Å². The third-order valence-electron chi connectivity index (χ3n) is 2.48. The van der Waals surface area contributed by atoms with Crippen LogP contribution in [0.3, 0.4) is 0 Å². The minimum Gasteiger partial charge on any atom is -0.171 e. The quantitative estimate of drug-likeness (QED) is 0.479. The summed E-state index contributed by atoms with van der Waals surface area (Å²) in [6.07, 6.45) is -1.85. The molecule has 0 aliphatic heterocycles. The van der Waals surface area contributed by atoms with Crippen molar-refractivity contribution in [1.82, 2.24) is 0 Å². The second-order valence-electron chi connectivity index (χ2n) is 3.16. The van der Waals surface area contributed by atoms with Gasteiger partial charge in [-0.3, -0.25) is 0 Å². The lowest BCUT2D eigenvalue weighted by molar-refractivity contribution is -0.152. The molecule has 2 aliphatic carbocycles. The Balaban J connectivity index is 2.04. The predicted octanol–water partition coefficient (Wildman–Crippen LogP) is 2.35. The first-order chi connectivity index (χ1) is 4.05. The molecule has 1 spiro atoms. The zero-order valence-corrected chi connectivity index (χ0v) is 4.83. The van der Waals surface area contributed by atoms with Crippen LogP contribution in [-0.4, -0.2) is 6.18 Å². The van der Waals surface area contributed by atoms with Crippen molar-refractivity contribution in [2.24, 2.45) is 11.3 Å². The Bertz CT molecular complexity index is 143. The highest BCUT2D eigenvalue weighted by molar-refractivity contribution is 5.14. The van der Waals surface area contributed by atoms with Crippen LogP contribution in [0.4, 0.5) is 13.2 Å². The first-order valence-electron chi connectivity index (χ1n) is 3.11. The van der Waals surface area contributed by atoms with Crippen molar-refractivity contribution in [3.63, 3.8) is 0 Å². The maximum Gasteiger partial charge on any atom is 0.392 e. The van der Waals surface area contributed by atoms with E-state index in [4.69, 9.17) is 0 Å². The molecule has 3 heteroatoms. The van der Waals surface area contributed by atoms with Crippen molar-refractivity contribution in [2.45, 2.75) is 25.4 Å². The first-order valence-corrected chi connectivity index (χ1v) is 3.11. The largest absolute Gasteiger partial charge is 0.392 e. The van der Waals surface area contributed by atoms with Crippen molar-refractivity contribution >= 4 is 0 Å². The van der Waals surface area contributed by atoms with Crippen molar-refractivity contribution < 1.29 is 13.2 Å². The summed E-state index contributed by atoms with van der Waals surface area (Å²) >= 11 is 0. The Morgan fingerprint density at radius 3 is 1.89 bits per heavy atom. The van der Waals surface area contributed by atoms with Crippen LogP contribution in [0.5, 0.6) is 0 Å². The number of rotatable bonds is 0. The summed E-state index contributed by atoms with van der Waals surface area (Å²) in [5.74, 6) is -0.926. The molecule has 0 saturated heterocycles. The fourth-order valence-electron chi connectivity index (χ4n) is 1.52. The van der Waals surface area contributed by atoms with E-state index in [2.05, 4.69) is 0 Å².